The van der Waals surface area contributed by atoms with Crippen molar-refractivity contribution in [3.05, 3.63) is 0 Å². The van der Waals surface area contributed by atoms with E-state index in [4.69, 9.17) is 0 Å². The van der Waals surface area contributed by atoms with Crippen molar-refractivity contribution in [3.63, 3.8) is 0 Å². The van der Waals surface area contributed by atoms with Crippen molar-refractivity contribution in [1.29, 1.82) is 0 Å². The smallest absolute Gasteiger partial charge is 0.0412 e. The molecule has 1 aliphatic rings. The summed E-state index contributed by atoms with van der Waals surface area (Å²) >= 11 is 0. The molecule has 1 unspecified atom stereocenters. The Morgan fingerprint density at radius 1 is 1.60 bits per heavy atom. The molecule has 0 aromatic heterocycles. The van der Waals surface area contributed by atoms with Gasteiger partial charge < -0.3 is 10.2 Å². The van der Waals surface area contributed by atoms with Crippen molar-refractivity contribution in [2.75, 3.05) is 19.6 Å². The molecule has 2 nitrogen and oxygen atoms in total. The van der Waals surface area contributed by atoms with E-state index < -0.39 is 0 Å². The molecule has 1 aliphatic heterocycles. The predicted molar refractivity (Wildman–Crippen MR) is 42.5 cm³/mol. The highest BCUT2D eigenvalue weighted by atomic mass is 15.2. The molecule has 0 saturated carbocycles. The number of piperazine rings is 1. The van der Waals surface area contributed by atoms with Gasteiger partial charge in [-0.25, -0.2) is 0 Å². The Hall–Kier alpha value is -0.680. The molecule has 0 bridgehead atoms. The highest BCUT2D eigenvalue weighted by Gasteiger charge is 2.11. The Kier molecular flexibility index (Phi) is 2.58. The number of hydrogen-bond acceptors (Lipinski definition) is 2. The Balaban J connectivity index is 2.37. The van der Waals surface area contributed by atoms with Crippen molar-refractivity contribution in [2.45, 2.75) is 19.9 Å². The molecule has 0 aliphatic carbocycles. The van der Waals surface area contributed by atoms with Crippen LogP contribution in [0.2, 0.25) is 0 Å². The van der Waals surface area contributed by atoms with Gasteiger partial charge in [0.05, 0.1) is 0 Å². The van der Waals surface area contributed by atoms with Crippen molar-refractivity contribution in [2.24, 2.45) is 0 Å². The van der Waals surface area contributed by atoms with E-state index in [1.165, 1.54) is 0 Å². The fraction of sp³-hybridized carbons (Fsp3) is 0.750. The van der Waals surface area contributed by atoms with Gasteiger partial charge in [-0.3, -0.25) is 0 Å². The Morgan fingerprint density at radius 3 is 3.00 bits per heavy atom. The second-order valence-electron chi connectivity index (χ2n) is 2.66. The van der Waals surface area contributed by atoms with Gasteiger partial charge in [-0.1, -0.05) is 5.92 Å². The Bertz CT molecular complexity index is 154. The maximum Gasteiger partial charge on any atom is 0.0412 e. The quantitative estimate of drug-likeness (QED) is 0.483. The average molecular weight is 138 g/mol. The van der Waals surface area contributed by atoms with E-state index in [2.05, 4.69) is 29.1 Å². The topological polar surface area (TPSA) is 15.3 Å². The normalized spacial score (nSPS) is 25.4. The van der Waals surface area contributed by atoms with Gasteiger partial charge in [0.1, 0.15) is 0 Å². The number of hydrogen-bond donors (Lipinski definition) is 1. The molecule has 0 spiro atoms. The summed E-state index contributed by atoms with van der Waals surface area (Å²) in [4.78, 5) is 2.17. The summed E-state index contributed by atoms with van der Waals surface area (Å²) < 4.78 is 0. The van der Waals surface area contributed by atoms with Gasteiger partial charge in [-0.15, -0.1) is 0 Å². The highest BCUT2D eigenvalue weighted by molar-refractivity contribution is 4.97. The summed E-state index contributed by atoms with van der Waals surface area (Å²) in [5.41, 5.74) is 0. The molecule has 1 atom stereocenters. The highest BCUT2D eigenvalue weighted by Crippen LogP contribution is 1.95. The van der Waals surface area contributed by atoms with Crippen LogP contribution < -0.4 is 5.32 Å². The van der Waals surface area contributed by atoms with Crippen LogP contribution >= 0.6 is 0 Å². The minimum Gasteiger partial charge on any atom is -0.330 e. The van der Waals surface area contributed by atoms with Gasteiger partial charge >= 0.3 is 0 Å². The van der Waals surface area contributed by atoms with Crippen molar-refractivity contribution in [3.8, 4) is 12.0 Å². The molecule has 1 saturated heterocycles. The third-order valence-corrected chi connectivity index (χ3v) is 1.64. The van der Waals surface area contributed by atoms with Crippen LogP contribution in [0.25, 0.3) is 0 Å². The second kappa shape index (κ2) is 3.48. The molecular formula is C8H14N2. The van der Waals surface area contributed by atoms with Crippen LogP contribution in [-0.2, 0) is 0 Å². The second-order valence-corrected chi connectivity index (χ2v) is 2.66. The zero-order valence-corrected chi connectivity index (χ0v) is 6.65. The predicted octanol–water partition coefficient (Wildman–Crippen LogP) is 0.261. The van der Waals surface area contributed by atoms with Crippen molar-refractivity contribution < 1.29 is 0 Å². The fourth-order valence-electron chi connectivity index (χ4n) is 1.19. The molecule has 1 fully saturated rings. The van der Waals surface area contributed by atoms with Gasteiger partial charge in [-0.2, -0.15) is 0 Å². The maximum absolute atomic E-state index is 3.36. The Labute approximate surface area is 62.6 Å². The van der Waals surface area contributed by atoms with Gasteiger partial charge in [0.25, 0.3) is 0 Å². The van der Waals surface area contributed by atoms with E-state index in [1.807, 2.05) is 6.92 Å². The summed E-state index contributed by atoms with van der Waals surface area (Å²) in [6, 6.07) is 3.65. The van der Waals surface area contributed by atoms with Crippen LogP contribution in [0.1, 0.15) is 13.8 Å². The average Bonchev–Trinajstić information content (AvgIpc) is 1.88. The van der Waals surface area contributed by atoms with Crippen LogP contribution in [0, 0.1) is 12.0 Å². The van der Waals surface area contributed by atoms with Crippen LogP contribution in [0.5, 0.6) is 0 Å². The van der Waals surface area contributed by atoms with Gasteiger partial charge in [0.2, 0.25) is 0 Å². The SMILES string of the molecule is CC#CN1CCNC(C)C1. The maximum atomic E-state index is 3.36. The lowest BCUT2D eigenvalue weighted by atomic mass is 10.2. The zero-order valence-electron chi connectivity index (χ0n) is 6.65. The molecular weight excluding hydrogens is 124 g/mol. The summed E-state index contributed by atoms with van der Waals surface area (Å²) in [7, 11) is 0. The standard InChI is InChI=1S/C8H14N2/c1-3-5-10-6-4-9-8(2)7-10/h8-9H,4,6-7H2,1-2H3. The minimum atomic E-state index is 0.592. The lowest BCUT2D eigenvalue weighted by Crippen LogP contribution is -2.47. The molecule has 0 aromatic carbocycles. The van der Waals surface area contributed by atoms with Gasteiger partial charge in [0.15, 0.2) is 0 Å². The van der Waals surface area contributed by atoms with E-state index in [-0.39, 0.29) is 0 Å². The van der Waals surface area contributed by atoms with Crippen LogP contribution in [0.15, 0.2) is 0 Å². The first-order chi connectivity index (χ1) is 4.83. The largest absolute Gasteiger partial charge is 0.330 e. The summed E-state index contributed by atoms with van der Waals surface area (Å²) in [6.45, 7) is 7.25. The van der Waals surface area contributed by atoms with Gasteiger partial charge in [-0.05, 0) is 13.8 Å². The lowest BCUT2D eigenvalue weighted by Gasteiger charge is -2.28. The van der Waals surface area contributed by atoms with Crippen molar-refractivity contribution in [1.82, 2.24) is 10.2 Å². The first-order valence-electron chi connectivity index (χ1n) is 3.73. The first-order valence-corrected chi connectivity index (χ1v) is 3.73. The molecule has 0 amide bonds. The first kappa shape index (κ1) is 7.43. The van der Waals surface area contributed by atoms with E-state index in [1.54, 1.807) is 0 Å². The number of rotatable bonds is 0. The molecule has 0 aromatic rings. The molecule has 1 rings (SSSR count). The summed E-state index contributed by atoms with van der Waals surface area (Å²) in [6.07, 6.45) is 0. The van der Waals surface area contributed by atoms with E-state index in [9.17, 15) is 0 Å². The van der Waals surface area contributed by atoms with E-state index in [0.29, 0.717) is 6.04 Å². The third kappa shape index (κ3) is 1.93. The zero-order chi connectivity index (χ0) is 7.40. The molecule has 1 heterocycles. The van der Waals surface area contributed by atoms with E-state index >= 15 is 0 Å². The van der Waals surface area contributed by atoms with Crippen LogP contribution in [0.4, 0.5) is 0 Å². The number of nitrogens with zero attached hydrogens (tertiary/aromatic N) is 1. The monoisotopic (exact) mass is 138 g/mol. The van der Waals surface area contributed by atoms with Crippen molar-refractivity contribution >= 4 is 0 Å². The molecule has 0 radical (unpaired) electrons. The number of nitrogens with one attached hydrogen (secondary N) is 1. The lowest BCUT2D eigenvalue weighted by molar-refractivity contribution is 0.290. The molecule has 10 heavy (non-hydrogen) atoms. The third-order valence-electron chi connectivity index (χ3n) is 1.64. The van der Waals surface area contributed by atoms with E-state index in [0.717, 1.165) is 19.6 Å². The Morgan fingerprint density at radius 2 is 2.40 bits per heavy atom. The molecule has 1 N–H and O–H groups in total. The van der Waals surface area contributed by atoms with Crippen LogP contribution in [-0.4, -0.2) is 30.6 Å². The minimum absolute atomic E-state index is 0.592. The summed E-state index contributed by atoms with van der Waals surface area (Å²) in [5, 5.41) is 3.36. The fourth-order valence-corrected chi connectivity index (χ4v) is 1.19. The molecule has 2 heteroatoms. The van der Waals surface area contributed by atoms with Gasteiger partial charge in [0, 0.05) is 31.7 Å². The summed E-state index contributed by atoms with van der Waals surface area (Å²) in [5.74, 6) is 2.91. The molecule has 56 valence electrons. The van der Waals surface area contributed by atoms with Crippen LogP contribution in [0.3, 0.4) is 0 Å².